The van der Waals surface area contributed by atoms with E-state index < -0.39 is 30.4 Å². The number of ether oxygens (including phenoxy) is 5. The molecule has 8 nitrogen and oxygen atoms in total. The summed E-state index contributed by atoms with van der Waals surface area (Å²) in [7, 11) is 1.80. The second-order valence-corrected chi connectivity index (χ2v) is 18.4. The van der Waals surface area contributed by atoms with Gasteiger partial charge in [-0.1, -0.05) is 34.6 Å². The summed E-state index contributed by atoms with van der Waals surface area (Å²) in [5.41, 5.74) is 0.549. The summed E-state index contributed by atoms with van der Waals surface area (Å²) in [4.78, 5) is 0. The molecule has 0 aromatic rings. The Balaban J connectivity index is 1.07. The lowest BCUT2D eigenvalue weighted by molar-refractivity contribution is -0.302. The molecule has 8 aliphatic rings. The van der Waals surface area contributed by atoms with Gasteiger partial charge in [0, 0.05) is 19.4 Å². The van der Waals surface area contributed by atoms with Gasteiger partial charge < -0.3 is 39.0 Å². The van der Waals surface area contributed by atoms with Crippen molar-refractivity contribution in [2.75, 3.05) is 13.7 Å². The van der Waals surface area contributed by atoms with Crippen LogP contribution in [0.25, 0.3) is 0 Å². The zero-order valence-electron chi connectivity index (χ0n) is 28.3. The van der Waals surface area contributed by atoms with E-state index in [0.717, 1.165) is 25.7 Å². The standard InChI is InChI=1S/C36H58O8/c1-19-15-21-28(31(4,5)40-8)44-36(43-21)17-33(7)23-10-9-22-30(2,3)24(42-29-26(39)25(38)20(37)16-41-29)11-12-34(22)18-35(23,34)14-13-32(33,6)27(19)36/h19-29,37-39H,9-18H2,1-8H3/t19-,20-,21-,22+,23+,24+,25+,26-,27-,28+,29+,32-,33+,34-,35+,36-/m1/s1. The molecule has 3 heterocycles. The van der Waals surface area contributed by atoms with Gasteiger partial charge in [0.15, 0.2) is 12.1 Å². The number of aliphatic hydroxyl groups is 3. The van der Waals surface area contributed by atoms with E-state index in [2.05, 4.69) is 48.5 Å². The fourth-order valence-electron chi connectivity index (χ4n) is 14.1. The van der Waals surface area contributed by atoms with E-state index in [9.17, 15) is 15.3 Å². The van der Waals surface area contributed by atoms with Gasteiger partial charge >= 0.3 is 0 Å². The summed E-state index contributed by atoms with van der Waals surface area (Å²) in [6.07, 6.45) is 5.89. The summed E-state index contributed by atoms with van der Waals surface area (Å²) >= 11 is 0. The van der Waals surface area contributed by atoms with Gasteiger partial charge in [0.25, 0.3) is 0 Å². The molecule has 250 valence electrons. The average Bonchev–Trinajstić information content (AvgIpc) is 3.45. The molecule has 44 heavy (non-hydrogen) atoms. The number of aliphatic hydroxyl groups excluding tert-OH is 3. The predicted octanol–water partition coefficient (Wildman–Crippen LogP) is 4.80. The van der Waals surface area contributed by atoms with E-state index in [1.165, 1.54) is 32.1 Å². The molecular formula is C36H58O8. The summed E-state index contributed by atoms with van der Waals surface area (Å²) < 4.78 is 32.5. The maximum absolute atomic E-state index is 10.6. The topological polar surface area (TPSA) is 107 Å². The molecular weight excluding hydrogens is 560 g/mol. The highest BCUT2D eigenvalue weighted by Crippen LogP contribution is 2.90. The van der Waals surface area contributed by atoms with E-state index in [1.54, 1.807) is 7.11 Å². The van der Waals surface area contributed by atoms with Gasteiger partial charge in [-0.2, -0.15) is 0 Å². The monoisotopic (exact) mass is 618 g/mol. The molecule has 3 aliphatic heterocycles. The summed E-state index contributed by atoms with van der Waals surface area (Å²) in [5, 5.41) is 30.9. The molecule has 0 amide bonds. The van der Waals surface area contributed by atoms with Crippen LogP contribution in [-0.2, 0) is 23.7 Å². The quantitative estimate of drug-likeness (QED) is 0.386. The third-order valence-electron chi connectivity index (χ3n) is 16.2. The van der Waals surface area contributed by atoms with Crippen molar-refractivity contribution in [1.82, 2.24) is 0 Å². The van der Waals surface area contributed by atoms with Crippen molar-refractivity contribution in [3.63, 3.8) is 0 Å². The van der Waals surface area contributed by atoms with Crippen LogP contribution in [0.15, 0.2) is 0 Å². The first-order valence-electron chi connectivity index (χ1n) is 17.7. The summed E-state index contributed by atoms with van der Waals surface area (Å²) in [6, 6.07) is 0. The highest BCUT2D eigenvalue weighted by molar-refractivity contribution is 5.32. The Morgan fingerprint density at radius 3 is 2.25 bits per heavy atom. The van der Waals surface area contributed by atoms with Crippen LogP contribution >= 0.6 is 0 Å². The number of rotatable bonds is 4. The maximum Gasteiger partial charge on any atom is 0.186 e. The highest BCUT2D eigenvalue weighted by atomic mass is 16.8. The molecule has 0 aromatic heterocycles. The Bertz CT molecular complexity index is 1190. The fourth-order valence-corrected chi connectivity index (χ4v) is 14.1. The first kappa shape index (κ1) is 31.0. The van der Waals surface area contributed by atoms with Gasteiger partial charge in [-0.3, -0.25) is 0 Å². The van der Waals surface area contributed by atoms with E-state index in [0.29, 0.717) is 34.5 Å². The van der Waals surface area contributed by atoms with Crippen molar-refractivity contribution >= 4 is 0 Å². The minimum absolute atomic E-state index is 0.0233. The Morgan fingerprint density at radius 1 is 0.818 bits per heavy atom. The van der Waals surface area contributed by atoms with Crippen LogP contribution in [0.2, 0.25) is 0 Å². The summed E-state index contributed by atoms with van der Waals surface area (Å²) in [5.74, 6) is 1.65. The number of hydrogen-bond donors (Lipinski definition) is 3. The first-order chi connectivity index (χ1) is 20.5. The predicted molar refractivity (Wildman–Crippen MR) is 162 cm³/mol. The molecule has 0 unspecified atom stereocenters. The van der Waals surface area contributed by atoms with Gasteiger partial charge in [0.05, 0.1) is 24.4 Å². The average molecular weight is 619 g/mol. The molecule has 8 fully saturated rings. The van der Waals surface area contributed by atoms with Crippen LogP contribution in [-0.4, -0.2) is 83.3 Å². The lowest BCUT2D eigenvalue weighted by atomic mass is 9.41. The molecule has 0 radical (unpaired) electrons. The molecule has 5 aliphatic carbocycles. The van der Waals surface area contributed by atoms with E-state index in [4.69, 9.17) is 23.7 Å². The molecule has 0 aromatic carbocycles. The Hall–Kier alpha value is -0.320. The van der Waals surface area contributed by atoms with Crippen molar-refractivity contribution < 1.29 is 39.0 Å². The van der Waals surface area contributed by atoms with E-state index in [-0.39, 0.29) is 46.8 Å². The minimum Gasteiger partial charge on any atom is -0.388 e. The molecule has 3 spiro atoms. The zero-order chi connectivity index (χ0) is 31.5. The van der Waals surface area contributed by atoms with Crippen LogP contribution in [0.1, 0.15) is 106 Å². The zero-order valence-corrected chi connectivity index (χ0v) is 28.3. The Labute approximate surface area is 263 Å². The first-order valence-corrected chi connectivity index (χ1v) is 17.7. The van der Waals surface area contributed by atoms with Crippen molar-refractivity contribution in [1.29, 1.82) is 0 Å². The molecule has 3 N–H and O–H groups in total. The lowest BCUT2D eigenvalue weighted by Crippen LogP contribution is -2.60. The second kappa shape index (κ2) is 9.22. The number of fused-ring (bicyclic) bond motifs is 4. The van der Waals surface area contributed by atoms with Gasteiger partial charge in [-0.25, -0.2) is 0 Å². The van der Waals surface area contributed by atoms with Crippen LogP contribution in [0.5, 0.6) is 0 Å². The van der Waals surface area contributed by atoms with Gasteiger partial charge in [0.1, 0.15) is 24.4 Å². The fraction of sp³-hybridized carbons (Fsp3) is 1.00. The maximum atomic E-state index is 10.6. The third-order valence-corrected chi connectivity index (χ3v) is 16.2. The molecule has 8 rings (SSSR count). The van der Waals surface area contributed by atoms with E-state index in [1.807, 2.05) is 0 Å². The lowest BCUT2D eigenvalue weighted by Gasteiger charge is -2.63. The normalized spacial score (nSPS) is 60.5. The Kier molecular flexibility index (Phi) is 6.49. The Morgan fingerprint density at radius 2 is 1.52 bits per heavy atom. The SMILES string of the molecule is COC(C)(C)[C@H]1O[C@]23C[C@@]4(C)[C@@H]5CC[C@H]6C(C)(C)[C@@H](O[C@@H]7OC[C@@H](O)[C@H](O)[C@H]7O)CC[C@@]67C[C@@]57CC[C@]4(C)[C@H]2[C@H](C)C[C@H]1O3. The smallest absolute Gasteiger partial charge is 0.186 e. The molecule has 8 heteroatoms. The van der Waals surface area contributed by atoms with Crippen molar-refractivity contribution in [2.45, 2.75) is 161 Å². The van der Waals surface area contributed by atoms with E-state index >= 15 is 0 Å². The van der Waals surface area contributed by atoms with Crippen molar-refractivity contribution in [3.8, 4) is 0 Å². The summed E-state index contributed by atoms with van der Waals surface area (Å²) in [6.45, 7) is 16.7. The van der Waals surface area contributed by atoms with Crippen molar-refractivity contribution in [2.24, 2.45) is 50.7 Å². The third kappa shape index (κ3) is 3.54. The number of methoxy groups -OCH3 is 1. The minimum atomic E-state index is -1.25. The van der Waals surface area contributed by atoms with Crippen LogP contribution in [0.4, 0.5) is 0 Å². The van der Waals surface area contributed by atoms with Crippen LogP contribution in [0, 0.1) is 50.7 Å². The molecule has 3 saturated heterocycles. The molecule has 2 bridgehead atoms. The molecule has 5 saturated carbocycles. The molecule has 16 atom stereocenters. The highest BCUT2D eigenvalue weighted by Gasteiger charge is 2.85. The van der Waals surface area contributed by atoms with Gasteiger partial charge in [0.2, 0.25) is 0 Å². The number of hydrogen-bond acceptors (Lipinski definition) is 8. The van der Waals surface area contributed by atoms with Gasteiger partial charge in [-0.15, -0.1) is 0 Å². The van der Waals surface area contributed by atoms with Gasteiger partial charge in [-0.05, 0) is 110 Å². The van der Waals surface area contributed by atoms with Crippen LogP contribution < -0.4 is 0 Å². The largest absolute Gasteiger partial charge is 0.388 e. The van der Waals surface area contributed by atoms with Crippen LogP contribution in [0.3, 0.4) is 0 Å². The second-order valence-electron chi connectivity index (χ2n) is 18.4. The van der Waals surface area contributed by atoms with Crippen molar-refractivity contribution in [3.05, 3.63) is 0 Å².